The van der Waals surface area contributed by atoms with Gasteiger partial charge in [-0.3, -0.25) is 9.59 Å². The van der Waals surface area contributed by atoms with Crippen molar-refractivity contribution in [3.05, 3.63) is 60.8 Å². The predicted octanol–water partition coefficient (Wildman–Crippen LogP) is 11.2. The summed E-state index contributed by atoms with van der Waals surface area (Å²) in [6.45, 7) is 4.03. The highest BCUT2D eigenvalue weighted by atomic mass is 16.6. The van der Waals surface area contributed by atoms with Crippen molar-refractivity contribution in [2.75, 3.05) is 13.2 Å². The topological polar surface area (TPSA) is 72.8 Å². The lowest BCUT2D eigenvalue weighted by atomic mass is 10.0. The van der Waals surface area contributed by atoms with Crippen molar-refractivity contribution in [3.63, 3.8) is 0 Å². The minimum Gasteiger partial charge on any atom is -0.462 e. The fraction of sp³-hybridized carbons (Fsp3) is 0.700. The predicted molar refractivity (Wildman–Crippen MR) is 191 cm³/mol. The molecule has 1 N–H and O–H groups in total. The van der Waals surface area contributed by atoms with Crippen molar-refractivity contribution >= 4 is 11.9 Å². The number of aliphatic hydroxyl groups is 1. The fourth-order valence-electron chi connectivity index (χ4n) is 4.77. The Bertz CT molecular complexity index is 808. The lowest BCUT2D eigenvalue weighted by Gasteiger charge is -2.15. The van der Waals surface area contributed by atoms with E-state index < -0.39 is 12.1 Å². The van der Waals surface area contributed by atoms with Crippen LogP contribution in [0.4, 0.5) is 0 Å². The molecular weight excluding hydrogens is 560 g/mol. The summed E-state index contributed by atoms with van der Waals surface area (Å²) in [4.78, 5) is 24.1. The van der Waals surface area contributed by atoms with Gasteiger partial charge in [0.15, 0.2) is 6.10 Å². The molecule has 0 aliphatic carbocycles. The fourth-order valence-corrected chi connectivity index (χ4v) is 4.77. The van der Waals surface area contributed by atoms with Gasteiger partial charge >= 0.3 is 11.9 Å². The van der Waals surface area contributed by atoms with Crippen LogP contribution in [0.5, 0.6) is 0 Å². The zero-order valence-electron chi connectivity index (χ0n) is 29.1. The van der Waals surface area contributed by atoms with E-state index in [0.717, 1.165) is 44.9 Å². The molecule has 0 fully saturated rings. The molecule has 0 aromatic rings. The molecule has 0 bridgehead atoms. The molecule has 0 aromatic heterocycles. The molecule has 0 unspecified atom stereocenters. The van der Waals surface area contributed by atoms with Crippen molar-refractivity contribution in [3.8, 4) is 0 Å². The molecule has 258 valence electrons. The molecule has 0 rings (SSSR count). The van der Waals surface area contributed by atoms with E-state index in [1.54, 1.807) is 0 Å². The van der Waals surface area contributed by atoms with Crippen LogP contribution in [0.2, 0.25) is 0 Å². The first kappa shape index (κ1) is 42.6. The summed E-state index contributed by atoms with van der Waals surface area (Å²) in [6, 6.07) is 0. The SMILES string of the molecule is CCCCCC=CCC=CCC=CCC=CCC=CCCC(=O)O[C@@H](CO)COC(=O)CCCCCCCCCCCCCC. The second kappa shape index (κ2) is 36.1. The molecule has 5 nitrogen and oxygen atoms in total. The first-order valence-electron chi connectivity index (χ1n) is 18.3. The molecule has 0 saturated carbocycles. The first-order chi connectivity index (χ1) is 22.1. The Hall–Kier alpha value is -2.40. The van der Waals surface area contributed by atoms with Gasteiger partial charge in [0, 0.05) is 12.8 Å². The average molecular weight is 629 g/mol. The molecule has 0 aromatic carbocycles. The van der Waals surface area contributed by atoms with E-state index in [1.165, 1.54) is 83.5 Å². The van der Waals surface area contributed by atoms with Gasteiger partial charge in [0.25, 0.3) is 0 Å². The van der Waals surface area contributed by atoms with Gasteiger partial charge in [-0.2, -0.15) is 0 Å². The lowest BCUT2D eigenvalue weighted by molar-refractivity contribution is -0.161. The Labute approximate surface area is 277 Å². The first-order valence-corrected chi connectivity index (χ1v) is 18.3. The van der Waals surface area contributed by atoms with Crippen molar-refractivity contribution in [2.45, 2.75) is 168 Å². The van der Waals surface area contributed by atoms with Gasteiger partial charge in [0.2, 0.25) is 0 Å². The number of hydrogen-bond acceptors (Lipinski definition) is 5. The molecule has 5 heteroatoms. The van der Waals surface area contributed by atoms with Gasteiger partial charge in [-0.05, 0) is 51.4 Å². The van der Waals surface area contributed by atoms with Crippen LogP contribution in [0.25, 0.3) is 0 Å². The Kier molecular flexibility index (Phi) is 34.1. The molecule has 0 heterocycles. The highest BCUT2D eigenvalue weighted by molar-refractivity contribution is 5.70. The van der Waals surface area contributed by atoms with E-state index in [0.29, 0.717) is 12.8 Å². The Morgan fingerprint density at radius 3 is 1.42 bits per heavy atom. The van der Waals surface area contributed by atoms with Gasteiger partial charge in [-0.1, -0.05) is 158 Å². The van der Waals surface area contributed by atoms with E-state index >= 15 is 0 Å². The molecule has 1 atom stereocenters. The maximum atomic E-state index is 12.1. The molecule has 0 aliphatic rings. The number of unbranched alkanes of at least 4 members (excludes halogenated alkanes) is 14. The van der Waals surface area contributed by atoms with Crippen LogP contribution in [-0.4, -0.2) is 36.4 Å². The van der Waals surface area contributed by atoms with Crippen LogP contribution in [-0.2, 0) is 19.1 Å². The summed E-state index contributed by atoms with van der Waals surface area (Å²) in [5.41, 5.74) is 0. The van der Waals surface area contributed by atoms with Crippen LogP contribution in [0.1, 0.15) is 162 Å². The average Bonchev–Trinajstić information content (AvgIpc) is 3.04. The van der Waals surface area contributed by atoms with Gasteiger partial charge in [0.05, 0.1) is 6.61 Å². The third-order valence-corrected chi connectivity index (χ3v) is 7.58. The molecule has 45 heavy (non-hydrogen) atoms. The van der Waals surface area contributed by atoms with Gasteiger partial charge in [-0.25, -0.2) is 0 Å². The monoisotopic (exact) mass is 629 g/mol. The van der Waals surface area contributed by atoms with Crippen molar-refractivity contribution in [1.82, 2.24) is 0 Å². The highest BCUT2D eigenvalue weighted by Gasteiger charge is 2.15. The van der Waals surface area contributed by atoms with Crippen molar-refractivity contribution < 1.29 is 24.2 Å². The Morgan fingerprint density at radius 2 is 0.933 bits per heavy atom. The summed E-state index contributed by atoms with van der Waals surface area (Å²) in [6.07, 6.45) is 45.7. The third-order valence-electron chi connectivity index (χ3n) is 7.58. The number of aliphatic hydroxyl groups excluding tert-OH is 1. The summed E-state index contributed by atoms with van der Waals surface area (Å²) in [5, 5.41) is 9.51. The largest absolute Gasteiger partial charge is 0.462 e. The van der Waals surface area contributed by atoms with Crippen molar-refractivity contribution in [1.29, 1.82) is 0 Å². The highest BCUT2D eigenvalue weighted by Crippen LogP contribution is 2.13. The number of hydrogen-bond donors (Lipinski definition) is 1. The Balaban J connectivity index is 3.73. The van der Waals surface area contributed by atoms with E-state index in [2.05, 4.69) is 62.5 Å². The van der Waals surface area contributed by atoms with Crippen LogP contribution in [0.15, 0.2) is 60.8 Å². The normalized spacial score (nSPS) is 12.9. The number of esters is 2. The third kappa shape index (κ3) is 34.3. The van der Waals surface area contributed by atoms with Crippen LogP contribution in [0.3, 0.4) is 0 Å². The minimum atomic E-state index is -0.809. The second-order valence-corrected chi connectivity index (χ2v) is 12.0. The standard InChI is InChI=1S/C40H68O5/c1-3-5-7-9-11-13-15-17-18-19-20-21-22-23-25-27-29-31-33-35-40(43)45-38(36-41)37-44-39(42)34-32-30-28-26-24-16-14-12-10-8-6-4-2/h11,13,17-18,20-21,23,25,29,31,38,41H,3-10,12,14-16,19,22,24,26-28,30,32-37H2,1-2H3/t38-/m0/s1. The summed E-state index contributed by atoms with van der Waals surface area (Å²) in [5.74, 6) is -0.690. The van der Waals surface area contributed by atoms with E-state index in [1.807, 2.05) is 12.2 Å². The van der Waals surface area contributed by atoms with Gasteiger partial charge < -0.3 is 14.6 Å². The molecule has 0 amide bonds. The molecule has 0 aliphatic heterocycles. The smallest absolute Gasteiger partial charge is 0.306 e. The Morgan fingerprint density at radius 1 is 0.511 bits per heavy atom. The quantitative estimate of drug-likeness (QED) is 0.0456. The van der Waals surface area contributed by atoms with Crippen molar-refractivity contribution in [2.24, 2.45) is 0 Å². The molecular formula is C40H68O5. The van der Waals surface area contributed by atoms with E-state index in [4.69, 9.17) is 9.47 Å². The summed E-state index contributed by atoms with van der Waals surface area (Å²) in [7, 11) is 0. The maximum absolute atomic E-state index is 12.1. The zero-order chi connectivity index (χ0) is 32.9. The maximum Gasteiger partial charge on any atom is 0.306 e. The molecule has 0 spiro atoms. The van der Waals surface area contributed by atoms with Crippen LogP contribution in [0, 0.1) is 0 Å². The molecule has 0 radical (unpaired) electrons. The minimum absolute atomic E-state index is 0.0960. The summed E-state index contributed by atoms with van der Waals surface area (Å²) < 4.78 is 10.5. The van der Waals surface area contributed by atoms with Gasteiger partial charge in [0.1, 0.15) is 6.61 Å². The van der Waals surface area contributed by atoms with E-state index in [-0.39, 0.29) is 25.6 Å². The number of carbonyl (C=O) groups is 2. The molecule has 0 saturated heterocycles. The van der Waals surface area contributed by atoms with Crippen LogP contribution < -0.4 is 0 Å². The summed E-state index contributed by atoms with van der Waals surface area (Å²) >= 11 is 0. The number of carbonyl (C=O) groups excluding carboxylic acids is 2. The zero-order valence-corrected chi connectivity index (χ0v) is 29.1. The lowest BCUT2D eigenvalue weighted by Crippen LogP contribution is -2.28. The van der Waals surface area contributed by atoms with Gasteiger partial charge in [-0.15, -0.1) is 0 Å². The number of ether oxygens (including phenoxy) is 2. The van der Waals surface area contributed by atoms with E-state index in [9.17, 15) is 14.7 Å². The van der Waals surface area contributed by atoms with Crippen LogP contribution >= 0.6 is 0 Å². The number of rotatable bonds is 32. The number of allylic oxidation sites excluding steroid dienone is 10. The second-order valence-electron chi connectivity index (χ2n) is 12.0.